The Kier molecular flexibility index (Phi) is 3.08. The van der Waals surface area contributed by atoms with Gasteiger partial charge in [0.05, 0.1) is 11.2 Å². The number of halogens is 1. The van der Waals surface area contributed by atoms with Gasteiger partial charge in [0.15, 0.2) is 0 Å². The summed E-state index contributed by atoms with van der Waals surface area (Å²) in [6.45, 7) is 4.57. The fourth-order valence-electron chi connectivity index (χ4n) is 4.45. The second kappa shape index (κ2) is 5.15. The van der Waals surface area contributed by atoms with E-state index in [2.05, 4.69) is 62.4 Å². The third-order valence-electron chi connectivity index (χ3n) is 5.69. The molecule has 4 aromatic rings. The topological polar surface area (TPSA) is 30.9 Å². The van der Waals surface area contributed by atoms with Gasteiger partial charge in [-0.1, -0.05) is 74.0 Å². The molecule has 3 aromatic carbocycles. The van der Waals surface area contributed by atoms with Crippen molar-refractivity contribution in [2.45, 2.75) is 19.3 Å². The van der Waals surface area contributed by atoms with E-state index in [0.29, 0.717) is 0 Å². The van der Waals surface area contributed by atoms with E-state index in [1.54, 1.807) is 0 Å². The molecule has 0 unspecified atom stereocenters. The van der Waals surface area contributed by atoms with E-state index >= 15 is 0 Å². The number of nitrogen functional groups attached to an aromatic ring is 1. The molecule has 1 heterocycles. The maximum atomic E-state index is 6.61. The van der Waals surface area contributed by atoms with Crippen LogP contribution in [0.15, 0.2) is 66.7 Å². The smallest absolute Gasteiger partial charge is 0.0785 e. The van der Waals surface area contributed by atoms with Crippen LogP contribution in [0, 0.1) is 0 Å². The summed E-state index contributed by atoms with van der Waals surface area (Å²) in [4.78, 5) is 0. The molecule has 0 spiro atoms. The lowest BCUT2D eigenvalue weighted by molar-refractivity contribution is 0.646. The Morgan fingerprint density at radius 1 is 0.846 bits per heavy atom. The van der Waals surface area contributed by atoms with Crippen LogP contribution < -0.4 is 5.84 Å². The number of rotatable bonds is 0. The summed E-state index contributed by atoms with van der Waals surface area (Å²) in [7, 11) is 0. The van der Waals surface area contributed by atoms with E-state index in [1.165, 1.54) is 27.8 Å². The number of nitrogens with two attached hydrogens (primary N) is 1. The average molecular weight is 359 g/mol. The summed E-state index contributed by atoms with van der Waals surface area (Å²) >= 11 is 6.34. The molecule has 0 amide bonds. The van der Waals surface area contributed by atoms with Crippen LogP contribution >= 0.6 is 11.6 Å². The van der Waals surface area contributed by atoms with E-state index in [-0.39, 0.29) is 5.41 Å². The lowest BCUT2D eigenvalue weighted by Crippen LogP contribution is -2.20. The van der Waals surface area contributed by atoms with Gasteiger partial charge in [-0.3, -0.25) is 4.68 Å². The first-order valence-electron chi connectivity index (χ1n) is 8.79. The predicted octanol–water partition coefficient (Wildman–Crippen LogP) is 5.98. The number of hydrogen-bond donors (Lipinski definition) is 1. The Morgan fingerprint density at radius 3 is 2.19 bits per heavy atom. The number of nitrogens with zero attached hydrogens (tertiary/aromatic N) is 1. The van der Waals surface area contributed by atoms with Crippen molar-refractivity contribution in [1.82, 2.24) is 4.68 Å². The van der Waals surface area contributed by atoms with Gasteiger partial charge in [0.1, 0.15) is 0 Å². The molecule has 1 aliphatic carbocycles. The van der Waals surface area contributed by atoms with Crippen LogP contribution in [-0.2, 0) is 5.41 Å². The van der Waals surface area contributed by atoms with Crippen LogP contribution in [0.3, 0.4) is 0 Å². The van der Waals surface area contributed by atoms with Crippen LogP contribution in [-0.4, -0.2) is 4.68 Å². The third kappa shape index (κ3) is 1.88. The zero-order valence-corrected chi connectivity index (χ0v) is 15.5. The molecule has 0 saturated carbocycles. The van der Waals surface area contributed by atoms with Crippen molar-refractivity contribution in [3.05, 3.63) is 82.9 Å². The van der Waals surface area contributed by atoms with Gasteiger partial charge in [-0.15, -0.1) is 0 Å². The minimum Gasteiger partial charge on any atom is -0.339 e. The Labute approximate surface area is 157 Å². The minimum atomic E-state index is -0.128. The first-order valence-corrected chi connectivity index (χ1v) is 9.17. The highest BCUT2D eigenvalue weighted by molar-refractivity contribution is 6.31. The summed E-state index contributed by atoms with van der Waals surface area (Å²) in [5, 5.41) is 1.81. The van der Waals surface area contributed by atoms with E-state index < -0.39 is 0 Å². The van der Waals surface area contributed by atoms with Gasteiger partial charge in [0, 0.05) is 27.0 Å². The number of benzene rings is 3. The number of hydrogen-bond acceptors (Lipinski definition) is 1. The van der Waals surface area contributed by atoms with Gasteiger partial charge in [0.2, 0.25) is 0 Å². The maximum absolute atomic E-state index is 6.61. The van der Waals surface area contributed by atoms with Crippen molar-refractivity contribution in [2.24, 2.45) is 0 Å². The van der Waals surface area contributed by atoms with E-state index in [9.17, 15) is 0 Å². The molecule has 26 heavy (non-hydrogen) atoms. The molecule has 0 saturated heterocycles. The Hall–Kier alpha value is -2.71. The van der Waals surface area contributed by atoms with Gasteiger partial charge >= 0.3 is 0 Å². The monoisotopic (exact) mass is 358 g/mol. The molecule has 0 bridgehead atoms. The second-order valence-corrected chi connectivity index (χ2v) is 7.91. The first-order chi connectivity index (χ1) is 12.5. The van der Waals surface area contributed by atoms with Crippen molar-refractivity contribution >= 4 is 22.5 Å². The van der Waals surface area contributed by atoms with Crippen molar-refractivity contribution in [1.29, 1.82) is 0 Å². The molecule has 0 radical (unpaired) electrons. The standard InChI is InChI=1S/C23H19ClN2/c1-23(2)18-9-5-3-7-15(18)21-17-13-14(24)11-12-20(17)26(25)22(21)16-8-4-6-10-19(16)23/h3-13H,25H2,1-2H3. The van der Waals surface area contributed by atoms with E-state index in [1.807, 2.05) is 22.9 Å². The van der Waals surface area contributed by atoms with E-state index in [4.69, 9.17) is 17.4 Å². The third-order valence-corrected chi connectivity index (χ3v) is 5.93. The van der Waals surface area contributed by atoms with Crippen LogP contribution in [0.2, 0.25) is 5.02 Å². The Bertz CT molecular complexity index is 1180. The molecule has 1 aliphatic rings. The molecular formula is C23H19ClN2. The van der Waals surface area contributed by atoms with Gasteiger partial charge in [-0.05, 0) is 34.9 Å². The molecule has 128 valence electrons. The quantitative estimate of drug-likeness (QED) is 0.385. The summed E-state index contributed by atoms with van der Waals surface area (Å²) in [6.07, 6.45) is 0. The molecule has 1 aromatic heterocycles. The predicted molar refractivity (Wildman–Crippen MR) is 110 cm³/mol. The first kappa shape index (κ1) is 15.5. The highest BCUT2D eigenvalue weighted by Gasteiger charge is 2.35. The molecule has 0 aliphatic heterocycles. The summed E-state index contributed by atoms with van der Waals surface area (Å²) in [5.41, 5.74) is 8.07. The molecule has 0 atom stereocenters. The summed E-state index contributed by atoms with van der Waals surface area (Å²) in [6, 6.07) is 23.1. The fraction of sp³-hybridized carbons (Fsp3) is 0.130. The molecule has 0 fully saturated rings. The maximum Gasteiger partial charge on any atom is 0.0785 e. The van der Waals surface area contributed by atoms with Crippen molar-refractivity contribution in [3.63, 3.8) is 0 Å². The Balaban J connectivity index is 2.08. The zero-order valence-electron chi connectivity index (χ0n) is 14.8. The average Bonchev–Trinajstić information content (AvgIpc) is 2.88. The Morgan fingerprint density at radius 2 is 1.46 bits per heavy atom. The van der Waals surface area contributed by atoms with Crippen molar-refractivity contribution in [2.75, 3.05) is 5.84 Å². The lowest BCUT2D eigenvalue weighted by atomic mass is 9.75. The highest BCUT2D eigenvalue weighted by Crippen LogP contribution is 2.51. The van der Waals surface area contributed by atoms with E-state index in [0.717, 1.165) is 21.6 Å². The van der Waals surface area contributed by atoms with Crippen LogP contribution in [0.5, 0.6) is 0 Å². The van der Waals surface area contributed by atoms with Gasteiger partial charge in [-0.2, -0.15) is 0 Å². The van der Waals surface area contributed by atoms with Gasteiger partial charge in [-0.25, -0.2) is 0 Å². The fourth-order valence-corrected chi connectivity index (χ4v) is 4.62. The molecule has 2 N–H and O–H groups in total. The molecule has 5 rings (SSSR count). The summed E-state index contributed by atoms with van der Waals surface area (Å²) in [5.74, 6) is 6.61. The molecule has 3 heteroatoms. The second-order valence-electron chi connectivity index (χ2n) is 7.47. The largest absolute Gasteiger partial charge is 0.339 e. The van der Waals surface area contributed by atoms with Gasteiger partial charge in [0.25, 0.3) is 0 Å². The molecular weight excluding hydrogens is 340 g/mol. The molecule has 2 nitrogen and oxygen atoms in total. The highest BCUT2D eigenvalue weighted by atomic mass is 35.5. The summed E-state index contributed by atoms with van der Waals surface area (Å²) < 4.78 is 1.82. The number of fused-ring (bicyclic) bond motifs is 7. The zero-order chi connectivity index (χ0) is 18.1. The van der Waals surface area contributed by atoms with Crippen LogP contribution in [0.4, 0.5) is 0 Å². The van der Waals surface area contributed by atoms with Crippen molar-refractivity contribution in [3.8, 4) is 22.4 Å². The normalized spacial score (nSPS) is 14.4. The van der Waals surface area contributed by atoms with Crippen LogP contribution in [0.1, 0.15) is 25.0 Å². The van der Waals surface area contributed by atoms with Crippen LogP contribution in [0.25, 0.3) is 33.3 Å². The van der Waals surface area contributed by atoms with Crippen molar-refractivity contribution < 1.29 is 0 Å². The SMILES string of the molecule is CC1(C)c2ccccc2-c2c(n(N)c3ccc(Cl)cc23)-c2ccccc21. The number of aromatic nitrogens is 1. The van der Waals surface area contributed by atoms with Gasteiger partial charge < -0.3 is 5.84 Å². The lowest BCUT2D eigenvalue weighted by Gasteiger charge is -2.28. The minimum absolute atomic E-state index is 0.128.